The number of phenols is 1. The van der Waals surface area contributed by atoms with Crippen molar-refractivity contribution in [3.8, 4) is 5.75 Å². The van der Waals surface area contributed by atoms with Crippen molar-refractivity contribution in [2.24, 2.45) is 11.7 Å². The van der Waals surface area contributed by atoms with E-state index in [0.717, 1.165) is 12.8 Å². The van der Waals surface area contributed by atoms with Crippen molar-refractivity contribution in [1.82, 2.24) is 4.90 Å². The zero-order valence-electron chi connectivity index (χ0n) is 11.6. The number of primary amides is 1. The second-order valence-corrected chi connectivity index (χ2v) is 5.43. The minimum atomic E-state index is -0.293. The number of Topliss-reactive ketones (excluding diaryl/α,β-unsaturated/α-hetero) is 1. The molecule has 0 aromatic heterocycles. The fraction of sp³-hybridized carbons (Fsp3) is 0.467. The van der Waals surface area contributed by atoms with Gasteiger partial charge < -0.3 is 10.8 Å². The minimum absolute atomic E-state index is 0.0121. The van der Waals surface area contributed by atoms with Gasteiger partial charge in [-0.15, -0.1) is 0 Å². The Bertz CT molecular complexity index is 498. The predicted molar refractivity (Wildman–Crippen MR) is 75.4 cm³/mol. The van der Waals surface area contributed by atoms with Gasteiger partial charge in [-0.2, -0.15) is 0 Å². The molecule has 5 heteroatoms. The first-order valence-electron chi connectivity index (χ1n) is 6.83. The van der Waals surface area contributed by atoms with Crippen molar-refractivity contribution in [1.29, 1.82) is 0 Å². The van der Waals surface area contributed by atoms with E-state index >= 15 is 0 Å². The number of hydrogen-bond acceptors (Lipinski definition) is 4. The number of nitrogens with two attached hydrogens (primary N) is 1. The second kappa shape index (κ2) is 6.05. The SMILES string of the molecule is CC1CCC(C(N)=O)CN1CC(=O)c1ccc(O)cc1. The number of phenolic OH excluding ortho intramolecular Hbond substituents is 1. The van der Waals surface area contributed by atoms with Crippen LogP contribution in [0, 0.1) is 5.92 Å². The van der Waals surface area contributed by atoms with E-state index in [1.54, 1.807) is 12.1 Å². The molecule has 0 bridgehead atoms. The quantitative estimate of drug-likeness (QED) is 0.808. The topological polar surface area (TPSA) is 83.6 Å². The summed E-state index contributed by atoms with van der Waals surface area (Å²) < 4.78 is 0. The summed E-state index contributed by atoms with van der Waals surface area (Å²) >= 11 is 0. The third-order valence-corrected chi connectivity index (χ3v) is 3.95. The highest BCUT2D eigenvalue weighted by Crippen LogP contribution is 2.22. The van der Waals surface area contributed by atoms with E-state index in [1.165, 1.54) is 12.1 Å². The van der Waals surface area contributed by atoms with Crippen LogP contribution in [0.5, 0.6) is 5.75 Å². The number of aromatic hydroxyl groups is 1. The van der Waals surface area contributed by atoms with Gasteiger partial charge in [0.25, 0.3) is 0 Å². The summed E-state index contributed by atoms with van der Waals surface area (Å²) in [5, 5.41) is 9.22. The number of piperidine rings is 1. The fourth-order valence-electron chi connectivity index (χ4n) is 2.55. The van der Waals surface area contributed by atoms with Gasteiger partial charge >= 0.3 is 0 Å². The third-order valence-electron chi connectivity index (χ3n) is 3.95. The lowest BCUT2D eigenvalue weighted by Crippen LogP contribution is -2.47. The van der Waals surface area contributed by atoms with Crippen LogP contribution >= 0.6 is 0 Å². The van der Waals surface area contributed by atoms with Gasteiger partial charge in [0.05, 0.1) is 12.5 Å². The summed E-state index contributed by atoms with van der Waals surface area (Å²) in [7, 11) is 0. The van der Waals surface area contributed by atoms with E-state index in [1.807, 2.05) is 4.90 Å². The number of carbonyl (C=O) groups is 2. The van der Waals surface area contributed by atoms with E-state index in [2.05, 4.69) is 6.92 Å². The van der Waals surface area contributed by atoms with E-state index in [9.17, 15) is 14.7 Å². The van der Waals surface area contributed by atoms with Crippen molar-refractivity contribution in [2.75, 3.05) is 13.1 Å². The van der Waals surface area contributed by atoms with Gasteiger partial charge in [0.15, 0.2) is 5.78 Å². The highest BCUT2D eigenvalue weighted by Gasteiger charge is 2.29. The average Bonchev–Trinajstić information content (AvgIpc) is 2.41. The molecule has 1 heterocycles. The number of likely N-dealkylation sites (tertiary alicyclic amines) is 1. The number of amides is 1. The van der Waals surface area contributed by atoms with Crippen LogP contribution in [0.1, 0.15) is 30.1 Å². The Kier molecular flexibility index (Phi) is 4.39. The van der Waals surface area contributed by atoms with Crippen LogP contribution in [0.2, 0.25) is 0 Å². The molecule has 108 valence electrons. The zero-order valence-corrected chi connectivity index (χ0v) is 11.6. The van der Waals surface area contributed by atoms with Gasteiger partial charge in [-0.25, -0.2) is 0 Å². The number of hydrogen-bond donors (Lipinski definition) is 2. The first-order chi connectivity index (χ1) is 9.47. The lowest BCUT2D eigenvalue weighted by Gasteiger charge is -2.36. The molecule has 1 aromatic rings. The van der Waals surface area contributed by atoms with Crippen LogP contribution in [-0.4, -0.2) is 40.8 Å². The molecule has 0 saturated carbocycles. The van der Waals surface area contributed by atoms with Gasteiger partial charge in [0.2, 0.25) is 5.91 Å². The standard InChI is InChI=1S/C15H20N2O3/c1-10-2-3-12(15(16)20)8-17(10)9-14(19)11-4-6-13(18)7-5-11/h4-7,10,12,18H,2-3,8-9H2,1H3,(H2,16,20). The van der Waals surface area contributed by atoms with Gasteiger partial charge in [0, 0.05) is 18.2 Å². The van der Waals surface area contributed by atoms with Gasteiger partial charge in [-0.1, -0.05) is 0 Å². The van der Waals surface area contributed by atoms with E-state index in [-0.39, 0.29) is 35.9 Å². The summed E-state index contributed by atoms with van der Waals surface area (Å²) in [6, 6.07) is 6.49. The molecule has 5 nitrogen and oxygen atoms in total. The molecule has 1 saturated heterocycles. The smallest absolute Gasteiger partial charge is 0.221 e. The maximum atomic E-state index is 12.2. The first kappa shape index (κ1) is 14.5. The molecule has 0 spiro atoms. The molecule has 1 aliphatic heterocycles. The molecule has 1 aliphatic rings. The van der Waals surface area contributed by atoms with Crippen molar-refractivity contribution in [2.45, 2.75) is 25.8 Å². The Morgan fingerprint density at radius 3 is 2.55 bits per heavy atom. The summed E-state index contributed by atoms with van der Waals surface area (Å²) in [4.78, 5) is 25.5. The molecule has 0 radical (unpaired) electrons. The summed E-state index contributed by atoms with van der Waals surface area (Å²) in [5.41, 5.74) is 5.92. The Labute approximate surface area is 118 Å². The first-order valence-corrected chi connectivity index (χ1v) is 6.83. The molecule has 20 heavy (non-hydrogen) atoms. The summed E-state index contributed by atoms with van der Waals surface area (Å²) in [6.45, 7) is 2.87. The molecule has 2 atom stereocenters. The predicted octanol–water partition coefficient (Wildman–Crippen LogP) is 1.16. The monoisotopic (exact) mass is 276 g/mol. The number of benzene rings is 1. The van der Waals surface area contributed by atoms with Crippen LogP contribution in [0.3, 0.4) is 0 Å². The molecular formula is C15H20N2O3. The molecule has 1 amide bonds. The lowest BCUT2D eigenvalue weighted by atomic mass is 9.92. The van der Waals surface area contributed by atoms with Crippen LogP contribution < -0.4 is 5.73 Å². The second-order valence-electron chi connectivity index (χ2n) is 5.43. The molecule has 1 fully saturated rings. The maximum Gasteiger partial charge on any atom is 0.221 e. The highest BCUT2D eigenvalue weighted by atomic mass is 16.3. The van der Waals surface area contributed by atoms with Crippen LogP contribution in [0.4, 0.5) is 0 Å². The van der Waals surface area contributed by atoms with E-state index in [0.29, 0.717) is 12.1 Å². The average molecular weight is 276 g/mol. The lowest BCUT2D eigenvalue weighted by molar-refractivity contribution is -0.123. The Morgan fingerprint density at radius 1 is 1.30 bits per heavy atom. The third kappa shape index (κ3) is 3.36. The zero-order chi connectivity index (χ0) is 14.7. The highest BCUT2D eigenvalue weighted by molar-refractivity contribution is 5.97. The number of nitrogens with zero attached hydrogens (tertiary/aromatic N) is 1. The van der Waals surface area contributed by atoms with Gasteiger partial charge in [0.1, 0.15) is 5.75 Å². The van der Waals surface area contributed by atoms with E-state index < -0.39 is 0 Å². The summed E-state index contributed by atoms with van der Waals surface area (Å²) in [6.07, 6.45) is 1.66. The Balaban J connectivity index is 2.02. The van der Waals surface area contributed by atoms with Crippen LogP contribution in [0.25, 0.3) is 0 Å². The Morgan fingerprint density at radius 2 is 1.95 bits per heavy atom. The Hall–Kier alpha value is -1.88. The fourth-order valence-corrected chi connectivity index (χ4v) is 2.55. The molecule has 2 unspecified atom stereocenters. The summed E-state index contributed by atoms with van der Waals surface area (Å²) in [5.74, 6) is -0.332. The number of carbonyl (C=O) groups excluding carboxylic acids is 2. The van der Waals surface area contributed by atoms with Gasteiger partial charge in [-0.3, -0.25) is 14.5 Å². The van der Waals surface area contributed by atoms with Crippen molar-refractivity contribution in [3.63, 3.8) is 0 Å². The van der Waals surface area contributed by atoms with Crippen molar-refractivity contribution >= 4 is 11.7 Å². The van der Waals surface area contributed by atoms with Crippen LogP contribution in [-0.2, 0) is 4.79 Å². The number of rotatable bonds is 4. The van der Waals surface area contributed by atoms with Crippen molar-refractivity contribution in [3.05, 3.63) is 29.8 Å². The van der Waals surface area contributed by atoms with Crippen LogP contribution in [0.15, 0.2) is 24.3 Å². The molecule has 1 aromatic carbocycles. The van der Waals surface area contributed by atoms with Gasteiger partial charge in [-0.05, 0) is 44.0 Å². The van der Waals surface area contributed by atoms with E-state index in [4.69, 9.17) is 5.73 Å². The van der Waals surface area contributed by atoms with Crippen molar-refractivity contribution < 1.29 is 14.7 Å². The molecular weight excluding hydrogens is 256 g/mol. The minimum Gasteiger partial charge on any atom is -0.508 e. The molecule has 2 rings (SSSR count). The molecule has 3 N–H and O–H groups in total. The normalized spacial score (nSPS) is 23.4. The number of ketones is 1. The molecule has 0 aliphatic carbocycles. The largest absolute Gasteiger partial charge is 0.508 e. The maximum absolute atomic E-state index is 12.2.